The second-order valence-electron chi connectivity index (χ2n) is 0.483. The maximum atomic E-state index is 8.52. The summed E-state index contributed by atoms with van der Waals surface area (Å²) in [5.74, 6) is 0. The zero-order valence-electron chi connectivity index (χ0n) is 4.61. The Bertz CT molecular complexity index is 132. The van der Waals surface area contributed by atoms with Crippen LogP contribution >= 0.6 is 0 Å². The zero-order chi connectivity index (χ0) is 7.21. The van der Waals surface area contributed by atoms with Gasteiger partial charge in [-0.05, 0) is 0 Å². The molecule has 0 saturated carbocycles. The molecule has 0 heterocycles. The third kappa shape index (κ3) is 856. The van der Waals surface area contributed by atoms with E-state index < -0.39 is 10.4 Å². The maximum absolute atomic E-state index is 8.52. The van der Waals surface area contributed by atoms with Gasteiger partial charge in [0.05, 0.1) is 0 Å². The molecule has 0 N–H and O–H groups in total. The van der Waals surface area contributed by atoms with E-state index in [1.165, 1.54) is 0 Å². The molecule has 10 heavy (non-hydrogen) atoms. The molecule has 0 fully saturated rings. The summed E-state index contributed by atoms with van der Waals surface area (Å²) in [4.78, 5) is 8.00. The minimum absolute atomic E-state index is 0. The van der Waals surface area contributed by atoms with Crippen LogP contribution in [0.2, 0.25) is 0 Å². The summed E-state index contributed by atoms with van der Waals surface area (Å²) in [6, 6.07) is 0. The van der Waals surface area contributed by atoms with E-state index in [9.17, 15) is 0 Å². The molecule has 0 bridgehead atoms. The average molecular weight is 229 g/mol. The van der Waals surface area contributed by atoms with Gasteiger partial charge in [-0.15, -0.1) is 5.34 Å². The molecule has 0 atom stereocenters. The number of hydrogen-bond donors (Lipinski definition) is 0. The Morgan fingerprint density at radius 2 is 1.20 bits per heavy atom. The standard InChI is InChI=1S/Cu.HNO2.Na.H2O4S/c;2-1-3;;1-5(2,3)4/h;(H,2,3);;(H2,1,2,3,4)/q+2;;+1;/p-3. The summed E-state index contributed by atoms with van der Waals surface area (Å²) in [6.45, 7) is 0. The summed E-state index contributed by atoms with van der Waals surface area (Å²) in [5, 5.41) is 9.00. The minimum atomic E-state index is -5.17. The van der Waals surface area contributed by atoms with Gasteiger partial charge in [0.15, 0.2) is 0 Å². The van der Waals surface area contributed by atoms with Crippen molar-refractivity contribution in [3.8, 4) is 0 Å². The van der Waals surface area contributed by atoms with Crippen molar-refractivity contribution in [3.05, 3.63) is 10.1 Å². The first-order chi connectivity index (χ1) is 3.41. The van der Waals surface area contributed by atoms with E-state index in [0.717, 1.165) is 5.34 Å². The number of hydrogen-bond acceptors (Lipinski definition) is 7. The molecule has 0 aromatic heterocycles. The van der Waals surface area contributed by atoms with Crippen LogP contribution in [0.15, 0.2) is 5.34 Å². The fourth-order valence-corrected chi connectivity index (χ4v) is 0. The van der Waals surface area contributed by atoms with Gasteiger partial charge in [-0.3, -0.25) is 8.42 Å². The molecule has 59 valence electrons. The molecule has 0 aromatic carbocycles. The molecule has 0 amide bonds. The van der Waals surface area contributed by atoms with Crippen LogP contribution in [0.1, 0.15) is 0 Å². The Morgan fingerprint density at radius 1 is 1.20 bits per heavy atom. The fraction of sp³-hybridized carbons (Fsp3) is 0. The van der Waals surface area contributed by atoms with Gasteiger partial charge in [-0.1, -0.05) is 0 Å². The molecule has 0 spiro atoms. The van der Waals surface area contributed by atoms with Crippen LogP contribution < -0.4 is 29.6 Å². The quantitative estimate of drug-likeness (QED) is 0.136. The van der Waals surface area contributed by atoms with Crippen LogP contribution in [0.5, 0.6) is 0 Å². The molecule has 0 rings (SSSR count). The predicted octanol–water partition coefficient (Wildman–Crippen LogP) is -4.09. The summed E-state index contributed by atoms with van der Waals surface area (Å²) >= 11 is 0. The molecule has 7 nitrogen and oxygen atoms in total. The van der Waals surface area contributed by atoms with Gasteiger partial charge < -0.3 is 19.2 Å². The number of nitrogens with zero attached hydrogens (tertiary/aromatic N) is 1. The molecule has 0 aliphatic carbocycles. The summed E-state index contributed by atoms with van der Waals surface area (Å²) in [7, 11) is -5.17. The first-order valence-electron chi connectivity index (χ1n) is 1.03. The zero-order valence-corrected chi connectivity index (χ0v) is 8.36. The molecule has 0 unspecified atom stereocenters. The maximum Gasteiger partial charge on any atom is 2.00 e. The van der Waals surface area contributed by atoms with Crippen LogP contribution in [0.3, 0.4) is 0 Å². The van der Waals surface area contributed by atoms with E-state index in [4.69, 9.17) is 27.6 Å². The van der Waals surface area contributed by atoms with E-state index in [1.807, 2.05) is 0 Å². The monoisotopic (exact) mass is 228 g/mol. The first kappa shape index (κ1) is 22.4. The van der Waals surface area contributed by atoms with Gasteiger partial charge in [0.1, 0.15) is 0 Å². The molecule has 10 heteroatoms. The largest absolute Gasteiger partial charge is 2.00 e. The number of rotatable bonds is 0. The first-order valence-corrected chi connectivity index (χ1v) is 2.37. The van der Waals surface area contributed by atoms with Crippen LogP contribution in [-0.2, 0) is 27.5 Å². The van der Waals surface area contributed by atoms with Gasteiger partial charge in [-0.2, -0.15) is 0 Å². The molecule has 0 aliphatic rings. The van der Waals surface area contributed by atoms with Crippen molar-refractivity contribution >= 4 is 10.4 Å². The minimum Gasteiger partial charge on any atom is -0.759 e. The van der Waals surface area contributed by atoms with E-state index in [1.54, 1.807) is 0 Å². The van der Waals surface area contributed by atoms with Gasteiger partial charge in [0.25, 0.3) is 0 Å². The van der Waals surface area contributed by atoms with Crippen LogP contribution in [0, 0.1) is 10.1 Å². The molecular formula is CuNNaO6S. The Kier molecular flexibility index (Phi) is 28.0. The second-order valence-corrected chi connectivity index (χ2v) is 1.30. The summed E-state index contributed by atoms with van der Waals surface area (Å²) in [5.41, 5.74) is 0. The summed E-state index contributed by atoms with van der Waals surface area (Å²) < 4.78 is 34.1. The Morgan fingerprint density at radius 3 is 1.20 bits per heavy atom. The van der Waals surface area contributed by atoms with Gasteiger partial charge >= 0.3 is 46.6 Å². The normalized spacial score (nSPS) is 7.00. The predicted molar refractivity (Wildman–Crippen MR) is 19.6 cm³/mol. The topological polar surface area (TPSA) is 133 Å². The van der Waals surface area contributed by atoms with E-state index >= 15 is 0 Å². The van der Waals surface area contributed by atoms with Crippen LogP contribution in [0.4, 0.5) is 0 Å². The fourth-order valence-electron chi connectivity index (χ4n) is 0. The van der Waals surface area contributed by atoms with Gasteiger partial charge in [0, 0.05) is 10.4 Å². The SMILES string of the molecule is O=N[O-].O=S(=O)([O-])[O-].[Cu+2].[Na+]. The van der Waals surface area contributed by atoms with E-state index in [0.29, 0.717) is 0 Å². The van der Waals surface area contributed by atoms with Crippen LogP contribution in [-0.4, -0.2) is 17.5 Å². The molecule has 0 aromatic rings. The molecular weight excluding hydrogens is 229 g/mol. The Hall–Kier alpha value is 0.789. The van der Waals surface area contributed by atoms with Crippen molar-refractivity contribution in [2.24, 2.45) is 5.34 Å². The van der Waals surface area contributed by atoms with E-state index in [-0.39, 0.29) is 46.6 Å². The molecule has 1 radical (unpaired) electrons. The second kappa shape index (κ2) is 12.5. The Labute approximate surface area is 89.5 Å². The van der Waals surface area contributed by atoms with Gasteiger partial charge in [0.2, 0.25) is 0 Å². The third-order valence-electron chi connectivity index (χ3n) is 0. The van der Waals surface area contributed by atoms with Gasteiger partial charge in [-0.25, -0.2) is 0 Å². The van der Waals surface area contributed by atoms with Crippen molar-refractivity contribution in [1.82, 2.24) is 0 Å². The van der Waals surface area contributed by atoms with Crippen molar-refractivity contribution in [2.75, 3.05) is 0 Å². The molecule has 0 saturated heterocycles. The van der Waals surface area contributed by atoms with Crippen molar-refractivity contribution in [2.45, 2.75) is 0 Å². The Balaban J connectivity index is -0.0000000326. The van der Waals surface area contributed by atoms with Crippen molar-refractivity contribution < 1.29 is 64.1 Å². The average Bonchev–Trinajstić information content (AvgIpc) is 1.27. The van der Waals surface area contributed by atoms with Crippen molar-refractivity contribution in [1.29, 1.82) is 0 Å². The summed E-state index contributed by atoms with van der Waals surface area (Å²) in [6.07, 6.45) is 0. The van der Waals surface area contributed by atoms with Crippen molar-refractivity contribution in [3.63, 3.8) is 0 Å². The smallest absolute Gasteiger partial charge is 0.759 e. The van der Waals surface area contributed by atoms with Crippen LogP contribution in [0.25, 0.3) is 0 Å². The third-order valence-corrected chi connectivity index (χ3v) is 0. The molecule has 0 aliphatic heterocycles. The van der Waals surface area contributed by atoms with E-state index in [2.05, 4.69) is 0 Å².